The molecule has 152 valence electrons. The molecule has 5 rings (SSSR count). The zero-order valence-electron chi connectivity index (χ0n) is 17.1. The first-order valence-corrected chi connectivity index (χ1v) is 9.84. The summed E-state index contributed by atoms with van der Waals surface area (Å²) < 4.78 is 14.0. The molecule has 0 aliphatic heterocycles. The molecule has 0 fully saturated rings. The fraction of sp³-hybridized carbons (Fsp3) is 0.0833. The molecule has 4 heterocycles. The van der Waals surface area contributed by atoms with Gasteiger partial charge < -0.3 is 4.98 Å². The lowest BCUT2D eigenvalue weighted by atomic mass is 10.0. The lowest BCUT2D eigenvalue weighted by Crippen LogP contribution is -1.89. The Balaban J connectivity index is 1.69. The van der Waals surface area contributed by atoms with Gasteiger partial charge in [0.15, 0.2) is 17.2 Å². The van der Waals surface area contributed by atoms with Gasteiger partial charge in [-0.05, 0) is 60.9 Å². The maximum Gasteiger partial charge on any atom is 0.178 e. The van der Waals surface area contributed by atoms with Crippen molar-refractivity contribution >= 4 is 27.8 Å². The fourth-order valence-corrected chi connectivity index (χ4v) is 3.75. The van der Waals surface area contributed by atoms with Crippen molar-refractivity contribution in [2.75, 3.05) is 0 Å². The number of pyridine rings is 2. The van der Waals surface area contributed by atoms with E-state index in [0.717, 1.165) is 39.0 Å². The summed E-state index contributed by atoms with van der Waals surface area (Å²) in [6.45, 7) is 7.66. The molecule has 0 aliphatic carbocycles. The minimum atomic E-state index is -0.281. The van der Waals surface area contributed by atoms with Crippen LogP contribution in [0.15, 0.2) is 61.3 Å². The number of nitrogens with one attached hydrogen (secondary N) is 2. The summed E-state index contributed by atoms with van der Waals surface area (Å²) in [7, 11) is 0. The monoisotopic (exact) mass is 410 g/mol. The van der Waals surface area contributed by atoms with Gasteiger partial charge in [-0.3, -0.25) is 5.10 Å². The van der Waals surface area contributed by atoms with Crippen molar-refractivity contribution in [1.82, 2.24) is 30.1 Å². The van der Waals surface area contributed by atoms with Crippen LogP contribution in [0.3, 0.4) is 0 Å². The fourth-order valence-electron chi connectivity index (χ4n) is 3.75. The van der Waals surface area contributed by atoms with Gasteiger partial charge in [0.25, 0.3) is 0 Å². The molecule has 0 saturated carbocycles. The maximum absolute atomic E-state index is 14.0. The molecular weight excluding hydrogens is 391 g/mol. The summed E-state index contributed by atoms with van der Waals surface area (Å²) >= 11 is 0. The van der Waals surface area contributed by atoms with Crippen LogP contribution in [-0.4, -0.2) is 30.1 Å². The summed E-state index contributed by atoms with van der Waals surface area (Å²) in [5.41, 5.74) is 7.50. The number of aryl methyl sites for hydroxylation is 1. The van der Waals surface area contributed by atoms with Crippen molar-refractivity contribution in [3.63, 3.8) is 0 Å². The second-order valence-electron chi connectivity index (χ2n) is 7.27. The van der Waals surface area contributed by atoms with E-state index in [9.17, 15) is 4.39 Å². The molecule has 7 heteroatoms. The van der Waals surface area contributed by atoms with Crippen molar-refractivity contribution in [2.24, 2.45) is 0 Å². The third-order valence-electron chi connectivity index (χ3n) is 5.20. The molecule has 1 aromatic carbocycles. The molecule has 0 spiro atoms. The number of hydrogen-bond acceptors (Lipinski definition) is 4. The number of fused-ring (bicyclic) bond motifs is 2. The highest BCUT2D eigenvalue weighted by Gasteiger charge is 2.17. The number of benzene rings is 1. The zero-order chi connectivity index (χ0) is 21.5. The lowest BCUT2D eigenvalue weighted by Gasteiger charge is -2.04. The first-order valence-electron chi connectivity index (χ1n) is 9.84. The van der Waals surface area contributed by atoms with Gasteiger partial charge >= 0.3 is 0 Å². The Bertz CT molecular complexity index is 1470. The molecule has 6 nitrogen and oxygen atoms in total. The van der Waals surface area contributed by atoms with E-state index in [2.05, 4.69) is 31.7 Å². The standard InChI is InChI=1S/C24H19FN6/c1-4-14(5-2)18-6-7-19-21(27-18)22(31-30-19)24-28-20-17(8-9-26-23(20)29-24)15-10-13(3)11-16(25)12-15/h4-12H,1H2,2-3H3,(H,30,31)(H,26,28,29)/b14-5+. The van der Waals surface area contributed by atoms with Gasteiger partial charge in [-0.15, -0.1) is 0 Å². The van der Waals surface area contributed by atoms with Crippen LogP contribution in [0.25, 0.3) is 50.4 Å². The maximum atomic E-state index is 14.0. The van der Waals surface area contributed by atoms with Gasteiger partial charge in [0.05, 0.1) is 16.7 Å². The van der Waals surface area contributed by atoms with Gasteiger partial charge in [-0.25, -0.2) is 19.3 Å². The molecule has 2 N–H and O–H groups in total. The van der Waals surface area contributed by atoms with E-state index < -0.39 is 0 Å². The molecule has 31 heavy (non-hydrogen) atoms. The van der Waals surface area contributed by atoms with Crippen LogP contribution >= 0.6 is 0 Å². The first kappa shape index (κ1) is 18.9. The number of aromatic amines is 2. The van der Waals surface area contributed by atoms with E-state index >= 15 is 0 Å². The highest BCUT2D eigenvalue weighted by atomic mass is 19.1. The second-order valence-corrected chi connectivity index (χ2v) is 7.27. The van der Waals surface area contributed by atoms with Crippen LogP contribution in [0, 0.1) is 12.7 Å². The average Bonchev–Trinajstić information content (AvgIpc) is 3.37. The van der Waals surface area contributed by atoms with Crippen molar-refractivity contribution in [3.8, 4) is 22.6 Å². The Morgan fingerprint density at radius 2 is 2.00 bits per heavy atom. The summed E-state index contributed by atoms with van der Waals surface area (Å²) in [6, 6.07) is 10.6. The van der Waals surface area contributed by atoms with Crippen LogP contribution < -0.4 is 0 Å². The Morgan fingerprint density at radius 3 is 2.77 bits per heavy atom. The van der Waals surface area contributed by atoms with Crippen molar-refractivity contribution in [2.45, 2.75) is 13.8 Å². The van der Waals surface area contributed by atoms with Crippen LogP contribution in [0.4, 0.5) is 4.39 Å². The largest absolute Gasteiger partial charge is 0.335 e. The topological polar surface area (TPSA) is 83.1 Å². The van der Waals surface area contributed by atoms with Crippen LogP contribution in [-0.2, 0) is 0 Å². The van der Waals surface area contributed by atoms with Crippen LogP contribution in [0.2, 0.25) is 0 Å². The van der Waals surface area contributed by atoms with Crippen LogP contribution in [0.1, 0.15) is 18.2 Å². The number of allylic oxidation sites excluding steroid dienone is 3. The first-order chi connectivity index (χ1) is 15.1. The Hall–Kier alpha value is -4.13. The summed E-state index contributed by atoms with van der Waals surface area (Å²) in [4.78, 5) is 17.1. The molecule has 0 saturated heterocycles. The van der Waals surface area contributed by atoms with E-state index in [1.807, 2.05) is 44.2 Å². The molecule has 0 bridgehead atoms. The quantitative estimate of drug-likeness (QED) is 0.378. The zero-order valence-corrected chi connectivity index (χ0v) is 17.1. The third kappa shape index (κ3) is 3.20. The second kappa shape index (κ2) is 7.28. The average molecular weight is 410 g/mol. The van der Waals surface area contributed by atoms with E-state index in [4.69, 9.17) is 4.98 Å². The number of halogens is 1. The van der Waals surface area contributed by atoms with E-state index in [1.54, 1.807) is 12.3 Å². The molecule has 0 atom stereocenters. The van der Waals surface area contributed by atoms with E-state index in [-0.39, 0.29) is 5.82 Å². The SMILES string of the molecule is C=C/C(=C\C)c1ccc2[nH]nc(-c3nc4nccc(-c5cc(C)cc(F)c5)c4[nH]3)c2n1. The highest BCUT2D eigenvalue weighted by Crippen LogP contribution is 2.31. The van der Waals surface area contributed by atoms with Gasteiger partial charge in [-0.2, -0.15) is 5.10 Å². The summed E-state index contributed by atoms with van der Waals surface area (Å²) in [6.07, 6.45) is 5.40. The predicted molar refractivity (Wildman–Crippen MR) is 121 cm³/mol. The molecule has 5 aromatic rings. The van der Waals surface area contributed by atoms with E-state index in [1.165, 1.54) is 12.1 Å². The normalized spacial score (nSPS) is 12.0. The smallest absolute Gasteiger partial charge is 0.178 e. The predicted octanol–water partition coefficient (Wildman–Crippen LogP) is 5.60. The minimum Gasteiger partial charge on any atom is -0.335 e. The van der Waals surface area contributed by atoms with Crippen LogP contribution in [0.5, 0.6) is 0 Å². The Kier molecular flexibility index (Phi) is 4.43. The van der Waals surface area contributed by atoms with Crippen molar-refractivity contribution in [3.05, 3.63) is 78.4 Å². The summed E-state index contributed by atoms with van der Waals surface area (Å²) in [5.74, 6) is 0.260. The third-order valence-corrected chi connectivity index (χ3v) is 5.20. The van der Waals surface area contributed by atoms with Gasteiger partial charge in [0.2, 0.25) is 0 Å². The molecule has 0 aliphatic rings. The number of H-pyrrole nitrogens is 2. The summed E-state index contributed by atoms with van der Waals surface area (Å²) in [5, 5.41) is 7.44. The lowest BCUT2D eigenvalue weighted by molar-refractivity contribution is 0.627. The Labute approximate surface area is 177 Å². The van der Waals surface area contributed by atoms with Crippen molar-refractivity contribution < 1.29 is 4.39 Å². The van der Waals surface area contributed by atoms with Gasteiger partial charge in [0, 0.05) is 11.8 Å². The van der Waals surface area contributed by atoms with Crippen molar-refractivity contribution in [1.29, 1.82) is 0 Å². The number of rotatable bonds is 4. The highest BCUT2D eigenvalue weighted by molar-refractivity contribution is 5.95. The number of nitrogens with zero attached hydrogens (tertiary/aromatic N) is 4. The molecule has 0 amide bonds. The molecule has 0 radical (unpaired) electrons. The number of hydrogen-bond donors (Lipinski definition) is 2. The number of aromatic nitrogens is 6. The Morgan fingerprint density at radius 1 is 1.13 bits per heavy atom. The minimum absolute atomic E-state index is 0.281. The van der Waals surface area contributed by atoms with Gasteiger partial charge in [0.1, 0.15) is 11.3 Å². The van der Waals surface area contributed by atoms with Gasteiger partial charge in [-0.1, -0.05) is 24.8 Å². The molecule has 4 aromatic heterocycles. The molecule has 0 unspecified atom stereocenters. The number of imidazole rings is 1. The molecular formula is C24H19FN6. The van der Waals surface area contributed by atoms with E-state index in [0.29, 0.717) is 22.7 Å².